The molecule has 0 N–H and O–H groups in total. The number of hydrogen-bond acceptors (Lipinski definition) is 2. The molecule has 3 aromatic rings. The van der Waals surface area contributed by atoms with Crippen LogP contribution in [0, 0.1) is 18.3 Å². The molecule has 1 atom stereocenters. The minimum atomic E-state index is -0.245. The Hall–Kier alpha value is -2.31. The van der Waals surface area contributed by atoms with Gasteiger partial charge in [0.1, 0.15) is 17.4 Å². The number of alkyl halides is 1. The molecule has 0 fully saturated rings. The largest absolute Gasteiger partial charge is 0.295 e. The Morgan fingerprint density at radius 2 is 1.90 bits per heavy atom. The maximum atomic E-state index is 9.25. The van der Waals surface area contributed by atoms with Gasteiger partial charge in [0.15, 0.2) is 0 Å². The second-order valence-electron chi connectivity index (χ2n) is 5.04. The van der Waals surface area contributed by atoms with E-state index in [0.717, 1.165) is 17.0 Å². The number of imidazole rings is 1. The fourth-order valence-corrected chi connectivity index (χ4v) is 2.59. The molecule has 1 unspecified atom stereocenters. The van der Waals surface area contributed by atoms with Gasteiger partial charge >= 0.3 is 0 Å². The first-order chi connectivity index (χ1) is 10.1. The summed E-state index contributed by atoms with van der Waals surface area (Å²) in [5, 5.41) is 9.00. The lowest BCUT2D eigenvalue weighted by Gasteiger charge is -2.10. The second kappa shape index (κ2) is 5.23. The van der Waals surface area contributed by atoms with Crippen LogP contribution in [0.15, 0.2) is 42.5 Å². The van der Waals surface area contributed by atoms with Crippen LogP contribution in [-0.2, 0) is 0 Å². The Morgan fingerprint density at radius 1 is 1.19 bits per heavy atom. The van der Waals surface area contributed by atoms with Crippen molar-refractivity contribution in [1.29, 1.82) is 5.26 Å². The van der Waals surface area contributed by atoms with Gasteiger partial charge < -0.3 is 0 Å². The van der Waals surface area contributed by atoms with Gasteiger partial charge in [0.05, 0.1) is 16.5 Å². The van der Waals surface area contributed by atoms with E-state index in [9.17, 15) is 5.26 Å². The van der Waals surface area contributed by atoms with E-state index in [4.69, 9.17) is 11.6 Å². The molecule has 0 aliphatic heterocycles. The van der Waals surface area contributed by atoms with Gasteiger partial charge in [-0.25, -0.2) is 4.98 Å². The standard InChI is InChI=1S/C17H14ClN3/c1-11-6-8-14(9-7-11)21-15-5-3-4-13(10-19)16(15)20-17(21)12(2)18/h3-9,12H,1-2H3. The lowest BCUT2D eigenvalue weighted by molar-refractivity contribution is 0.882. The van der Waals surface area contributed by atoms with Crippen LogP contribution < -0.4 is 0 Å². The zero-order chi connectivity index (χ0) is 15.0. The van der Waals surface area contributed by atoms with E-state index in [1.54, 1.807) is 6.07 Å². The summed E-state index contributed by atoms with van der Waals surface area (Å²) in [5.41, 5.74) is 4.36. The highest BCUT2D eigenvalue weighted by molar-refractivity contribution is 6.20. The molecule has 0 aliphatic rings. The Kier molecular flexibility index (Phi) is 3.40. The number of rotatable bonds is 2. The number of halogens is 1. The molecule has 21 heavy (non-hydrogen) atoms. The zero-order valence-electron chi connectivity index (χ0n) is 11.8. The fraction of sp³-hybridized carbons (Fsp3) is 0.176. The van der Waals surface area contributed by atoms with E-state index in [1.807, 2.05) is 35.8 Å². The molecule has 0 aliphatic carbocycles. The molecule has 1 heterocycles. The van der Waals surface area contributed by atoms with Crippen LogP contribution in [0.3, 0.4) is 0 Å². The van der Waals surface area contributed by atoms with Crippen LogP contribution >= 0.6 is 11.6 Å². The van der Waals surface area contributed by atoms with Gasteiger partial charge in [-0.3, -0.25) is 4.57 Å². The maximum Gasteiger partial charge on any atom is 0.132 e. The summed E-state index contributed by atoms with van der Waals surface area (Å²) in [6.45, 7) is 3.94. The van der Waals surface area contributed by atoms with Crippen molar-refractivity contribution in [2.75, 3.05) is 0 Å². The van der Waals surface area contributed by atoms with Crippen LogP contribution in [0.5, 0.6) is 0 Å². The van der Waals surface area contributed by atoms with E-state index >= 15 is 0 Å². The molecular formula is C17H14ClN3. The first-order valence-electron chi connectivity index (χ1n) is 6.74. The summed E-state index contributed by atoms with van der Waals surface area (Å²) in [6, 6.07) is 16.0. The van der Waals surface area contributed by atoms with Crippen molar-refractivity contribution in [3.8, 4) is 11.8 Å². The highest BCUT2D eigenvalue weighted by Gasteiger charge is 2.18. The van der Waals surface area contributed by atoms with Crippen LogP contribution in [0.4, 0.5) is 0 Å². The van der Waals surface area contributed by atoms with Gasteiger partial charge in [-0.05, 0) is 38.1 Å². The van der Waals surface area contributed by atoms with Crippen LogP contribution in [0.1, 0.15) is 29.3 Å². The third kappa shape index (κ3) is 2.28. The summed E-state index contributed by atoms with van der Waals surface area (Å²) >= 11 is 6.29. The van der Waals surface area contributed by atoms with Crippen molar-refractivity contribution in [3.63, 3.8) is 0 Å². The SMILES string of the molecule is Cc1ccc(-n2c(C(C)Cl)nc3c(C#N)cccc32)cc1. The molecular weight excluding hydrogens is 282 g/mol. The van der Waals surface area contributed by atoms with E-state index in [-0.39, 0.29) is 5.38 Å². The normalized spacial score (nSPS) is 12.3. The van der Waals surface area contributed by atoms with E-state index in [2.05, 4.69) is 30.1 Å². The smallest absolute Gasteiger partial charge is 0.132 e. The predicted molar refractivity (Wildman–Crippen MR) is 84.8 cm³/mol. The number of aromatic nitrogens is 2. The maximum absolute atomic E-state index is 9.25. The molecule has 0 amide bonds. The first-order valence-corrected chi connectivity index (χ1v) is 7.18. The second-order valence-corrected chi connectivity index (χ2v) is 5.70. The summed E-state index contributed by atoms with van der Waals surface area (Å²) in [5.74, 6) is 0.748. The number of hydrogen-bond donors (Lipinski definition) is 0. The average molecular weight is 296 g/mol. The van der Waals surface area contributed by atoms with Crippen molar-refractivity contribution in [2.45, 2.75) is 19.2 Å². The molecule has 0 saturated carbocycles. The molecule has 3 rings (SSSR count). The molecule has 0 radical (unpaired) electrons. The minimum Gasteiger partial charge on any atom is -0.295 e. The Bertz CT molecular complexity index is 839. The van der Waals surface area contributed by atoms with Crippen LogP contribution in [-0.4, -0.2) is 9.55 Å². The number of nitrogens with zero attached hydrogens (tertiary/aromatic N) is 3. The lowest BCUT2D eigenvalue weighted by Crippen LogP contribution is -2.01. The molecule has 0 bridgehead atoms. The monoisotopic (exact) mass is 295 g/mol. The molecule has 4 heteroatoms. The summed E-state index contributed by atoms with van der Waals surface area (Å²) in [4.78, 5) is 4.59. The van der Waals surface area contributed by atoms with Gasteiger partial charge in [0.25, 0.3) is 0 Å². The Morgan fingerprint density at radius 3 is 2.52 bits per heavy atom. The number of fused-ring (bicyclic) bond motifs is 1. The number of para-hydroxylation sites is 1. The first kappa shape index (κ1) is 13.7. The van der Waals surface area contributed by atoms with Crippen LogP contribution in [0.25, 0.3) is 16.7 Å². The van der Waals surface area contributed by atoms with Crippen molar-refractivity contribution in [2.24, 2.45) is 0 Å². The van der Waals surface area contributed by atoms with Gasteiger partial charge in [-0.2, -0.15) is 5.26 Å². The van der Waals surface area contributed by atoms with Gasteiger partial charge in [-0.15, -0.1) is 11.6 Å². The van der Waals surface area contributed by atoms with Crippen LogP contribution in [0.2, 0.25) is 0 Å². The minimum absolute atomic E-state index is 0.245. The number of nitriles is 1. The van der Waals surface area contributed by atoms with Crippen molar-refractivity contribution in [3.05, 3.63) is 59.4 Å². The summed E-state index contributed by atoms with van der Waals surface area (Å²) in [7, 11) is 0. The zero-order valence-corrected chi connectivity index (χ0v) is 12.6. The highest BCUT2D eigenvalue weighted by Crippen LogP contribution is 2.29. The molecule has 1 aromatic heterocycles. The van der Waals surface area contributed by atoms with E-state index in [1.165, 1.54) is 5.56 Å². The molecule has 104 valence electrons. The molecule has 3 nitrogen and oxygen atoms in total. The van der Waals surface area contributed by atoms with Crippen molar-refractivity contribution in [1.82, 2.24) is 9.55 Å². The van der Waals surface area contributed by atoms with Gasteiger partial charge in [0.2, 0.25) is 0 Å². The molecule has 0 spiro atoms. The van der Waals surface area contributed by atoms with Gasteiger partial charge in [-0.1, -0.05) is 23.8 Å². The van der Waals surface area contributed by atoms with Crippen molar-refractivity contribution >= 4 is 22.6 Å². The Balaban J connectivity index is 2.37. The van der Waals surface area contributed by atoms with E-state index in [0.29, 0.717) is 11.1 Å². The lowest BCUT2D eigenvalue weighted by atomic mass is 10.2. The summed E-state index contributed by atoms with van der Waals surface area (Å²) in [6.07, 6.45) is 0. The van der Waals surface area contributed by atoms with Gasteiger partial charge in [0, 0.05) is 5.69 Å². The summed E-state index contributed by atoms with van der Waals surface area (Å²) < 4.78 is 2.02. The average Bonchev–Trinajstić information content (AvgIpc) is 2.87. The number of benzene rings is 2. The highest BCUT2D eigenvalue weighted by atomic mass is 35.5. The number of aryl methyl sites for hydroxylation is 1. The fourth-order valence-electron chi connectivity index (χ4n) is 2.44. The third-order valence-electron chi connectivity index (χ3n) is 3.48. The quantitative estimate of drug-likeness (QED) is 0.653. The topological polar surface area (TPSA) is 41.6 Å². The Labute approximate surface area is 128 Å². The molecule has 2 aromatic carbocycles. The predicted octanol–water partition coefficient (Wildman–Crippen LogP) is 4.51. The molecule has 0 saturated heterocycles. The third-order valence-corrected chi connectivity index (χ3v) is 3.67. The van der Waals surface area contributed by atoms with Crippen molar-refractivity contribution < 1.29 is 0 Å². The van der Waals surface area contributed by atoms with E-state index < -0.39 is 0 Å².